The Hall–Kier alpha value is -2.67. The van der Waals surface area contributed by atoms with E-state index in [1.165, 1.54) is 0 Å². The number of aromatic nitrogens is 4. The molecule has 7 nitrogen and oxygen atoms in total. The normalized spacial score (nSPS) is 10.6. The number of ether oxygens (including phenoxy) is 1. The summed E-state index contributed by atoms with van der Waals surface area (Å²) in [5, 5.41) is 7.37. The molecule has 0 fully saturated rings. The minimum Gasteiger partial charge on any atom is -0.484 e. The summed E-state index contributed by atoms with van der Waals surface area (Å²) in [6.07, 6.45) is 0. The summed E-state index contributed by atoms with van der Waals surface area (Å²) in [6, 6.07) is 8.90. The van der Waals surface area contributed by atoms with Crippen molar-refractivity contribution in [2.75, 3.05) is 5.32 Å². The summed E-state index contributed by atoms with van der Waals surface area (Å²) in [4.78, 5) is 12.7. The minimum atomic E-state index is 0.157. The lowest BCUT2D eigenvalue weighted by molar-refractivity contribution is 0.243. The van der Waals surface area contributed by atoms with Gasteiger partial charge in [0.25, 0.3) is 11.8 Å². The molecule has 0 saturated carbocycles. The van der Waals surface area contributed by atoms with E-state index in [0.29, 0.717) is 22.6 Å². The van der Waals surface area contributed by atoms with E-state index in [2.05, 4.69) is 25.4 Å². The van der Waals surface area contributed by atoms with Gasteiger partial charge in [0.05, 0.1) is 0 Å². The fourth-order valence-electron chi connectivity index (χ4n) is 1.92. The van der Waals surface area contributed by atoms with Crippen LogP contribution in [-0.2, 0) is 6.61 Å². The smallest absolute Gasteiger partial charge is 0.270 e. The van der Waals surface area contributed by atoms with Gasteiger partial charge in [0.15, 0.2) is 6.61 Å². The summed E-state index contributed by atoms with van der Waals surface area (Å²) in [7, 11) is 0. The van der Waals surface area contributed by atoms with Crippen molar-refractivity contribution in [3.63, 3.8) is 0 Å². The fraction of sp³-hybridized carbons (Fsp3) is 0.200. The summed E-state index contributed by atoms with van der Waals surface area (Å²) < 4.78 is 10.6. The van der Waals surface area contributed by atoms with Crippen molar-refractivity contribution in [3.05, 3.63) is 52.6 Å². The Balaban J connectivity index is 1.62. The molecule has 0 radical (unpaired) electrons. The molecular formula is C15H14ClN5O2. The summed E-state index contributed by atoms with van der Waals surface area (Å²) >= 11 is 5.81. The van der Waals surface area contributed by atoms with E-state index in [4.69, 9.17) is 20.9 Å². The van der Waals surface area contributed by atoms with Gasteiger partial charge in [-0.1, -0.05) is 11.6 Å². The van der Waals surface area contributed by atoms with Gasteiger partial charge in [-0.05, 0) is 49.3 Å². The number of benzene rings is 1. The number of hydrogen-bond donors (Lipinski definition) is 1. The first-order chi connectivity index (χ1) is 11.1. The van der Waals surface area contributed by atoms with Crippen LogP contribution < -0.4 is 10.1 Å². The standard InChI is InChI=1S/C15H14ClN5O2/c1-9-7-10(2)18-14(17-9)20-15-19-13(23-21-15)8-22-12-5-3-11(16)4-6-12/h3-7H,8H2,1-2H3,(H,17,18,20,21). The summed E-state index contributed by atoms with van der Waals surface area (Å²) in [6.45, 7) is 3.94. The second-order valence-electron chi connectivity index (χ2n) is 4.85. The molecule has 2 heterocycles. The van der Waals surface area contributed by atoms with Gasteiger partial charge in [-0.2, -0.15) is 4.98 Å². The van der Waals surface area contributed by atoms with Crippen LogP contribution in [0.4, 0.5) is 11.9 Å². The van der Waals surface area contributed by atoms with Crippen LogP contribution in [0, 0.1) is 13.8 Å². The first-order valence-electron chi connectivity index (χ1n) is 6.89. The van der Waals surface area contributed by atoms with Crippen LogP contribution in [0.15, 0.2) is 34.9 Å². The third-order valence-corrected chi connectivity index (χ3v) is 3.10. The quantitative estimate of drug-likeness (QED) is 0.766. The molecule has 0 aliphatic carbocycles. The second kappa shape index (κ2) is 6.62. The predicted molar refractivity (Wildman–Crippen MR) is 84.9 cm³/mol. The van der Waals surface area contributed by atoms with Crippen LogP contribution in [0.2, 0.25) is 5.02 Å². The molecule has 0 atom stereocenters. The molecule has 0 aliphatic rings. The van der Waals surface area contributed by atoms with Crippen molar-refractivity contribution >= 4 is 23.5 Å². The molecule has 0 spiro atoms. The first-order valence-corrected chi connectivity index (χ1v) is 7.26. The Kier molecular flexibility index (Phi) is 4.38. The van der Waals surface area contributed by atoms with Crippen LogP contribution in [0.25, 0.3) is 0 Å². The first kappa shape index (κ1) is 15.2. The molecule has 0 bridgehead atoms. The third kappa shape index (κ3) is 4.17. The van der Waals surface area contributed by atoms with E-state index < -0.39 is 0 Å². The van der Waals surface area contributed by atoms with Crippen LogP contribution in [0.1, 0.15) is 17.3 Å². The lowest BCUT2D eigenvalue weighted by Gasteiger charge is -2.02. The van der Waals surface area contributed by atoms with E-state index in [1.54, 1.807) is 24.3 Å². The molecule has 3 rings (SSSR count). The molecule has 118 valence electrons. The number of aryl methyl sites for hydroxylation is 2. The van der Waals surface area contributed by atoms with Gasteiger partial charge in [-0.15, -0.1) is 0 Å². The van der Waals surface area contributed by atoms with Crippen LogP contribution in [0.5, 0.6) is 5.75 Å². The number of halogens is 1. The van der Waals surface area contributed by atoms with Crippen molar-refractivity contribution in [2.24, 2.45) is 0 Å². The van der Waals surface area contributed by atoms with Gasteiger partial charge in [0, 0.05) is 16.4 Å². The van der Waals surface area contributed by atoms with Gasteiger partial charge in [0.1, 0.15) is 5.75 Å². The Morgan fingerprint density at radius 2 is 1.74 bits per heavy atom. The van der Waals surface area contributed by atoms with E-state index in [1.807, 2.05) is 19.9 Å². The zero-order valence-electron chi connectivity index (χ0n) is 12.6. The van der Waals surface area contributed by atoms with Crippen molar-refractivity contribution < 1.29 is 9.26 Å². The van der Waals surface area contributed by atoms with E-state index >= 15 is 0 Å². The molecule has 0 aliphatic heterocycles. The highest BCUT2D eigenvalue weighted by Gasteiger charge is 2.09. The van der Waals surface area contributed by atoms with Gasteiger partial charge in [-0.25, -0.2) is 9.97 Å². The molecule has 3 aromatic rings. The van der Waals surface area contributed by atoms with Gasteiger partial charge in [0.2, 0.25) is 5.95 Å². The molecule has 2 aromatic heterocycles. The third-order valence-electron chi connectivity index (χ3n) is 2.85. The zero-order valence-corrected chi connectivity index (χ0v) is 13.3. The monoisotopic (exact) mass is 331 g/mol. The average Bonchev–Trinajstić information content (AvgIpc) is 2.93. The highest BCUT2D eigenvalue weighted by Crippen LogP contribution is 2.17. The molecule has 0 amide bonds. The topological polar surface area (TPSA) is 86.0 Å². The van der Waals surface area contributed by atoms with Gasteiger partial charge >= 0.3 is 0 Å². The zero-order chi connectivity index (χ0) is 16.2. The largest absolute Gasteiger partial charge is 0.484 e. The maximum Gasteiger partial charge on any atom is 0.270 e. The van der Waals surface area contributed by atoms with E-state index in [-0.39, 0.29) is 12.6 Å². The van der Waals surface area contributed by atoms with Crippen molar-refractivity contribution in [3.8, 4) is 5.75 Å². The van der Waals surface area contributed by atoms with E-state index in [0.717, 1.165) is 11.4 Å². The molecule has 23 heavy (non-hydrogen) atoms. The Labute approximate surface area is 137 Å². The Morgan fingerprint density at radius 3 is 2.43 bits per heavy atom. The number of anilines is 2. The molecular weight excluding hydrogens is 318 g/mol. The minimum absolute atomic E-state index is 0.157. The maximum atomic E-state index is 5.81. The number of hydrogen-bond acceptors (Lipinski definition) is 7. The molecule has 1 N–H and O–H groups in total. The molecule has 0 saturated heterocycles. The molecule has 8 heteroatoms. The van der Waals surface area contributed by atoms with E-state index in [9.17, 15) is 0 Å². The SMILES string of the molecule is Cc1cc(C)nc(Nc2noc(COc3ccc(Cl)cc3)n2)n1. The van der Waals surface area contributed by atoms with Crippen molar-refractivity contribution in [1.82, 2.24) is 20.1 Å². The predicted octanol–water partition coefficient (Wildman–Crippen LogP) is 3.45. The number of nitrogens with one attached hydrogen (secondary N) is 1. The average molecular weight is 332 g/mol. The van der Waals surface area contributed by atoms with Crippen molar-refractivity contribution in [2.45, 2.75) is 20.5 Å². The molecule has 0 unspecified atom stereocenters. The lowest BCUT2D eigenvalue weighted by Crippen LogP contribution is -2.01. The number of nitrogens with zero attached hydrogens (tertiary/aromatic N) is 4. The number of rotatable bonds is 5. The maximum absolute atomic E-state index is 5.81. The Morgan fingerprint density at radius 1 is 1.04 bits per heavy atom. The molecule has 1 aromatic carbocycles. The fourth-order valence-corrected chi connectivity index (χ4v) is 2.05. The summed E-state index contributed by atoms with van der Waals surface area (Å²) in [5.41, 5.74) is 1.71. The van der Waals surface area contributed by atoms with Crippen LogP contribution in [0.3, 0.4) is 0 Å². The van der Waals surface area contributed by atoms with Crippen molar-refractivity contribution in [1.29, 1.82) is 0 Å². The van der Waals surface area contributed by atoms with Crippen LogP contribution in [-0.4, -0.2) is 20.1 Å². The highest BCUT2D eigenvalue weighted by atomic mass is 35.5. The highest BCUT2D eigenvalue weighted by molar-refractivity contribution is 6.30. The van der Waals surface area contributed by atoms with Crippen LogP contribution >= 0.6 is 11.6 Å². The van der Waals surface area contributed by atoms with Gasteiger partial charge in [-0.3, -0.25) is 5.32 Å². The Bertz CT molecular complexity index is 784. The summed E-state index contributed by atoms with van der Waals surface area (Å²) in [5.74, 6) is 1.71. The van der Waals surface area contributed by atoms with Gasteiger partial charge < -0.3 is 9.26 Å². The second-order valence-corrected chi connectivity index (χ2v) is 5.29. The lowest BCUT2D eigenvalue weighted by atomic mass is 10.3.